The van der Waals surface area contributed by atoms with Gasteiger partial charge in [0.2, 0.25) is 0 Å². The maximum absolute atomic E-state index is 9.55. The molecule has 0 bridgehead atoms. The number of anilines is 1. The second-order valence-electron chi connectivity index (χ2n) is 8.10. The topological polar surface area (TPSA) is 130 Å². The summed E-state index contributed by atoms with van der Waals surface area (Å²) >= 11 is 0. The van der Waals surface area contributed by atoms with Crippen LogP contribution >= 0.6 is 0 Å². The summed E-state index contributed by atoms with van der Waals surface area (Å²) in [5, 5.41) is 35.5. The number of aliphatic hydroxyl groups excluding tert-OH is 1. The van der Waals surface area contributed by atoms with Gasteiger partial charge in [0.25, 0.3) is 0 Å². The zero-order chi connectivity index (χ0) is 22.9. The van der Waals surface area contributed by atoms with Crippen molar-refractivity contribution in [2.45, 2.75) is 32.2 Å². The maximum atomic E-state index is 9.55. The van der Waals surface area contributed by atoms with Crippen LogP contribution in [-0.4, -0.2) is 49.0 Å². The van der Waals surface area contributed by atoms with Crippen molar-refractivity contribution in [3.63, 3.8) is 0 Å². The lowest BCUT2D eigenvalue weighted by molar-refractivity contribution is 0.299. The zero-order valence-corrected chi connectivity index (χ0v) is 18.2. The summed E-state index contributed by atoms with van der Waals surface area (Å²) in [5.74, 6) is 0.647. The van der Waals surface area contributed by atoms with Crippen molar-refractivity contribution in [1.29, 1.82) is 10.5 Å². The van der Waals surface area contributed by atoms with Crippen molar-refractivity contribution in [2.24, 2.45) is 0 Å². The number of rotatable bonds is 5. The number of H-pyrrole nitrogens is 1. The predicted octanol–water partition coefficient (Wildman–Crippen LogP) is 3.02. The molecule has 5 rings (SSSR count). The van der Waals surface area contributed by atoms with E-state index in [4.69, 9.17) is 4.98 Å². The Morgan fingerprint density at radius 3 is 2.91 bits per heavy atom. The molecule has 1 aromatic carbocycles. The molecule has 0 radical (unpaired) electrons. The number of benzene rings is 1. The van der Waals surface area contributed by atoms with Gasteiger partial charge in [-0.2, -0.15) is 15.6 Å². The van der Waals surface area contributed by atoms with Gasteiger partial charge in [-0.3, -0.25) is 9.67 Å². The molecule has 0 aliphatic carbocycles. The lowest BCUT2D eigenvalue weighted by Crippen LogP contribution is -2.27. The fourth-order valence-electron chi connectivity index (χ4n) is 4.52. The molecule has 33 heavy (non-hydrogen) atoms. The Morgan fingerprint density at radius 1 is 1.24 bits per heavy atom. The van der Waals surface area contributed by atoms with Crippen LogP contribution in [0.3, 0.4) is 0 Å². The van der Waals surface area contributed by atoms with Gasteiger partial charge >= 0.3 is 0 Å². The van der Waals surface area contributed by atoms with Crippen LogP contribution in [0.25, 0.3) is 28.1 Å². The number of fused-ring (bicyclic) bond motifs is 1. The number of nitriles is 2. The molecule has 3 aromatic heterocycles. The molecule has 0 spiro atoms. The van der Waals surface area contributed by atoms with Crippen molar-refractivity contribution < 1.29 is 5.11 Å². The average Bonchev–Trinajstić information content (AvgIpc) is 3.57. The highest BCUT2D eigenvalue weighted by Gasteiger charge is 2.25. The first kappa shape index (κ1) is 20.7. The van der Waals surface area contributed by atoms with E-state index in [1.165, 1.54) is 0 Å². The van der Waals surface area contributed by atoms with Gasteiger partial charge in [0.15, 0.2) is 5.69 Å². The first-order valence-corrected chi connectivity index (χ1v) is 10.8. The van der Waals surface area contributed by atoms with Crippen LogP contribution in [-0.2, 0) is 6.42 Å². The van der Waals surface area contributed by atoms with E-state index in [-0.39, 0.29) is 18.3 Å². The number of aryl methyl sites for hydroxylation is 1. The zero-order valence-electron chi connectivity index (χ0n) is 18.2. The van der Waals surface area contributed by atoms with Crippen LogP contribution in [0.1, 0.15) is 29.8 Å². The van der Waals surface area contributed by atoms with Crippen LogP contribution in [0.5, 0.6) is 0 Å². The summed E-state index contributed by atoms with van der Waals surface area (Å²) in [4.78, 5) is 11.6. The second-order valence-corrected chi connectivity index (χ2v) is 8.10. The predicted molar refractivity (Wildman–Crippen MR) is 123 cm³/mol. The Morgan fingerprint density at radius 2 is 2.12 bits per heavy atom. The van der Waals surface area contributed by atoms with Crippen LogP contribution < -0.4 is 4.90 Å². The van der Waals surface area contributed by atoms with E-state index in [0.29, 0.717) is 23.5 Å². The minimum Gasteiger partial charge on any atom is -0.396 e. The van der Waals surface area contributed by atoms with Crippen molar-refractivity contribution in [1.82, 2.24) is 24.7 Å². The standard InChI is InChI=1S/C24H22N8O/c1-15-23(20(13-26)30-29-15)24-16(8-10-33)4-7-22(28-24)32-14-27-19-6-5-17(11-21(19)32)31-9-2-3-18(31)12-25/h4-7,11,14,18,33H,2-3,8-10H2,1H3,(H,29,30)/t18-/m0/s1. The van der Waals surface area contributed by atoms with Crippen LogP contribution in [0.2, 0.25) is 0 Å². The Hall–Kier alpha value is -4.21. The van der Waals surface area contributed by atoms with Gasteiger partial charge in [-0.05, 0) is 56.0 Å². The molecule has 1 aliphatic rings. The molecular formula is C24H22N8O. The van der Waals surface area contributed by atoms with E-state index in [0.717, 1.165) is 47.4 Å². The van der Waals surface area contributed by atoms with Crippen molar-refractivity contribution >= 4 is 16.7 Å². The highest BCUT2D eigenvalue weighted by atomic mass is 16.2. The molecule has 1 aliphatic heterocycles. The van der Waals surface area contributed by atoms with Gasteiger partial charge in [0.05, 0.1) is 28.4 Å². The summed E-state index contributed by atoms with van der Waals surface area (Å²) in [6.45, 7) is 2.67. The van der Waals surface area contributed by atoms with E-state index in [9.17, 15) is 15.6 Å². The third kappa shape index (κ3) is 3.49. The van der Waals surface area contributed by atoms with Crippen molar-refractivity contribution in [2.75, 3.05) is 18.1 Å². The van der Waals surface area contributed by atoms with Gasteiger partial charge in [-0.25, -0.2) is 9.97 Å². The van der Waals surface area contributed by atoms with Gasteiger partial charge < -0.3 is 10.0 Å². The fourth-order valence-corrected chi connectivity index (χ4v) is 4.52. The smallest absolute Gasteiger partial charge is 0.171 e. The molecule has 0 unspecified atom stereocenters. The van der Waals surface area contributed by atoms with E-state index >= 15 is 0 Å². The molecular weight excluding hydrogens is 416 g/mol. The monoisotopic (exact) mass is 438 g/mol. The Balaban J connectivity index is 1.65. The summed E-state index contributed by atoms with van der Waals surface area (Å²) in [5.41, 5.74) is 5.80. The number of nitrogens with zero attached hydrogens (tertiary/aromatic N) is 7. The van der Waals surface area contributed by atoms with Gasteiger partial charge in [-0.15, -0.1) is 0 Å². The lowest BCUT2D eigenvalue weighted by atomic mass is 10.0. The van der Waals surface area contributed by atoms with Crippen LogP contribution in [0.4, 0.5) is 5.69 Å². The molecule has 164 valence electrons. The quantitative estimate of drug-likeness (QED) is 0.490. The molecule has 4 heterocycles. The third-order valence-corrected chi connectivity index (χ3v) is 6.15. The summed E-state index contributed by atoms with van der Waals surface area (Å²) < 4.78 is 1.91. The molecule has 0 saturated carbocycles. The molecule has 9 nitrogen and oxygen atoms in total. The largest absolute Gasteiger partial charge is 0.396 e. The fraction of sp³-hybridized carbons (Fsp3) is 0.292. The third-order valence-electron chi connectivity index (χ3n) is 6.15. The van der Waals surface area contributed by atoms with Gasteiger partial charge in [-0.1, -0.05) is 6.07 Å². The Kier molecular flexibility index (Phi) is 5.25. The first-order valence-electron chi connectivity index (χ1n) is 10.8. The van der Waals surface area contributed by atoms with E-state index in [1.54, 1.807) is 6.33 Å². The number of pyridine rings is 1. The lowest BCUT2D eigenvalue weighted by Gasteiger charge is -2.22. The average molecular weight is 438 g/mol. The molecule has 1 atom stereocenters. The molecule has 0 amide bonds. The summed E-state index contributed by atoms with van der Waals surface area (Å²) in [6, 6.07) is 14.2. The normalized spacial score (nSPS) is 15.6. The molecule has 1 fully saturated rings. The second kappa shape index (κ2) is 8.38. The first-order chi connectivity index (χ1) is 16.1. The Bertz CT molecular complexity index is 1420. The molecule has 9 heteroatoms. The van der Waals surface area contributed by atoms with Gasteiger partial charge in [0, 0.05) is 24.5 Å². The van der Waals surface area contributed by atoms with Crippen LogP contribution in [0, 0.1) is 29.6 Å². The van der Waals surface area contributed by atoms with Crippen molar-refractivity contribution in [3.05, 3.63) is 53.6 Å². The SMILES string of the molecule is Cc1[nH]nc(C#N)c1-c1nc(-n2cnc3ccc(N4CCC[C@H]4C#N)cc32)ccc1CCO. The highest BCUT2D eigenvalue weighted by molar-refractivity contribution is 5.82. The molecule has 1 saturated heterocycles. The number of nitrogens with one attached hydrogen (secondary N) is 1. The Labute approximate surface area is 190 Å². The van der Waals surface area contributed by atoms with Gasteiger partial charge in [0.1, 0.15) is 24.3 Å². The van der Waals surface area contributed by atoms with Crippen molar-refractivity contribution in [3.8, 4) is 29.2 Å². The molecule has 2 N–H and O–H groups in total. The highest BCUT2D eigenvalue weighted by Crippen LogP contribution is 2.31. The van der Waals surface area contributed by atoms with Crippen LogP contribution in [0.15, 0.2) is 36.7 Å². The minimum absolute atomic E-state index is 0.0277. The van der Waals surface area contributed by atoms with E-state index in [2.05, 4.69) is 32.2 Å². The number of aromatic nitrogens is 5. The summed E-state index contributed by atoms with van der Waals surface area (Å²) in [6.07, 6.45) is 4.01. The maximum Gasteiger partial charge on any atom is 0.171 e. The molecule has 4 aromatic rings. The van der Waals surface area contributed by atoms with E-state index < -0.39 is 0 Å². The number of aliphatic hydroxyl groups is 1. The summed E-state index contributed by atoms with van der Waals surface area (Å²) in [7, 11) is 0. The number of hydrogen-bond acceptors (Lipinski definition) is 7. The minimum atomic E-state index is -0.116. The number of aromatic amines is 1. The number of hydrogen-bond donors (Lipinski definition) is 2. The number of imidazole rings is 1. The van der Waals surface area contributed by atoms with E-state index in [1.807, 2.05) is 41.8 Å².